The Morgan fingerprint density at radius 2 is 1.83 bits per heavy atom. The lowest BCUT2D eigenvalue weighted by molar-refractivity contribution is -0.148. The lowest BCUT2D eigenvalue weighted by Crippen LogP contribution is -2.40. The molecule has 0 aliphatic heterocycles. The van der Waals surface area contributed by atoms with Crippen LogP contribution < -0.4 is 10.1 Å². The number of fused-ring (bicyclic) bond motifs is 1. The average Bonchev–Trinajstić information content (AvgIpc) is 2.73. The largest absolute Gasteiger partial charge is 0.497 e. The van der Waals surface area contributed by atoms with Gasteiger partial charge in [-0.15, -0.1) is 0 Å². The van der Waals surface area contributed by atoms with Gasteiger partial charge in [-0.1, -0.05) is 25.1 Å². The van der Waals surface area contributed by atoms with E-state index in [2.05, 4.69) is 5.32 Å². The quantitative estimate of drug-likeness (QED) is 0.518. The highest BCUT2D eigenvalue weighted by atomic mass is 16.5. The van der Waals surface area contributed by atoms with Crippen LogP contribution in [0.4, 0.5) is 0 Å². The van der Waals surface area contributed by atoms with Gasteiger partial charge in [0.15, 0.2) is 6.61 Å². The molecular formula is C22H26N2O5. The molecule has 0 spiro atoms. The fraction of sp³-hybridized carbons (Fsp3) is 0.318. The standard InChI is InChI=1S/C22H26N2O5/c1-4-11-23-20(25)14-24(2)21(26)15-29-22(27)10-6-16-5-7-18-13-19(28-3)9-8-17(18)12-16/h5-10,12-13H,4,11,14-15H2,1-3H3,(H,23,25)/b10-6+. The third-order valence-electron chi connectivity index (χ3n) is 4.20. The number of nitrogens with one attached hydrogen (secondary N) is 1. The molecule has 0 saturated heterocycles. The van der Waals surface area contributed by atoms with Crippen molar-refractivity contribution in [3.63, 3.8) is 0 Å². The molecule has 154 valence electrons. The Hall–Kier alpha value is -3.35. The van der Waals surface area contributed by atoms with Crippen molar-refractivity contribution in [3.8, 4) is 5.75 Å². The van der Waals surface area contributed by atoms with Gasteiger partial charge in [-0.25, -0.2) is 4.79 Å². The zero-order valence-electron chi connectivity index (χ0n) is 16.9. The Labute approximate surface area is 170 Å². The Morgan fingerprint density at radius 1 is 1.10 bits per heavy atom. The summed E-state index contributed by atoms with van der Waals surface area (Å²) in [6, 6.07) is 11.5. The summed E-state index contributed by atoms with van der Waals surface area (Å²) in [5, 5.41) is 4.72. The van der Waals surface area contributed by atoms with E-state index < -0.39 is 18.5 Å². The third-order valence-corrected chi connectivity index (χ3v) is 4.20. The third kappa shape index (κ3) is 6.95. The Balaban J connectivity index is 1.85. The van der Waals surface area contributed by atoms with Crippen molar-refractivity contribution < 1.29 is 23.9 Å². The summed E-state index contributed by atoms with van der Waals surface area (Å²) in [5.74, 6) is -0.542. The number of esters is 1. The molecule has 7 heteroatoms. The predicted octanol–water partition coefficient (Wildman–Crippen LogP) is 2.39. The highest BCUT2D eigenvalue weighted by Crippen LogP contribution is 2.22. The Bertz CT molecular complexity index is 907. The molecule has 0 bridgehead atoms. The second-order valence-electron chi connectivity index (χ2n) is 6.51. The van der Waals surface area contributed by atoms with E-state index in [1.165, 1.54) is 18.0 Å². The number of benzene rings is 2. The molecule has 2 aromatic rings. The number of amides is 2. The topological polar surface area (TPSA) is 84.9 Å². The molecule has 0 radical (unpaired) electrons. The van der Waals surface area contributed by atoms with Gasteiger partial charge in [0, 0.05) is 19.7 Å². The Morgan fingerprint density at radius 3 is 2.55 bits per heavy atom. The molecule has 0 fully saturated rings. The lowest BCUT2D eigenvalue weighted by Gasteiger charge is -2.16. The van der Waals surface area contributed by atoms with Crippen molar-refractivity contribution >= 4 is 34.6 Å². The van der Waals surface area contributed by atoms with Crippen LogP contribution in [0.5, 0.6) is 5.75 Å². The van der Waals surface area contributed by atoms with Gasteiger partial charge < -0.3 is 19.7 Å². The van der Waals surface area contributed by atoms with Crippen molar-refractivity contribution in [2.75, 3.05) is 33.9 Å². The number of methoxy groups -OCH3 is 1. The zero-order chi connectivity index (χ0) is 21.2. The number of likely N-dealkylation sites (N-methyl/N-ethyl adjacent to an activating group) is 1. The van der Waals surface area contributed by atoms with Crippen LogP contribution >= 0.6 is 0 Å². The van der Waals surface area contributed by atoms with Gasteiger partial charge in [0.2, 0.25) is 5.91 Å². The van der Waals surface area contributed by atoms with Gasteiger partial charge in [-0.05, 0) is 47.0 Å². The minimum absolute atomic E-state index is 0.0753. The summed E-state index contributed by atoms with van der Waals surface area (Å²) in [5.41, 5.74) is 0.829. The second-order valence-corrected chi connectivity index (χ2v) is 6.51. The molecule has 2 rings (SSSR count). The predicted molar refractivity (Wildman–Crippen MR) is 111 cm³/mol. The number of carbonyl (C=O) groups is 3. The van der Waals surface area contributed by atoms with Crippen LogP contribution in [0.1, 0.15) is 18.9 Å². The SMILES string of the molecule is CCCNC(=O)CN(C)C(=O)COC(=O)/C=C/c1ccc2cc(OC)ccc2c1. The molecule has 0 aliphatic carbocycles. The molecule has 0 saturated carbocycles. The van der Waals surface area contributed by atoms with Crippen LogP contribution in [0.3, 0.4) is 0 Å². The van der Waals surface area contributed by atoms with Crippen molar-refractivity contribution in [3.05, 3.63) is 48.0 Å². The monoisotopic (exact) mass is 398 g/mol. The van der Waals surface area contributed by atoms with Crippen LogP contribution in [0.25, 0.3) is 16.8 Å². The normalized spacial score (nSPS) is 10.7. The molecule has 0 heterocycles. The zero-order valence-corrected chi connectivity index (χ0v) is 16.9. The number of nitrogens with zero attached hydrogens (tertiary/aromatic N) is 1. The van der Waals surface area contributed by atoms with Crippen molar-refractivity contribution in [1.82, 2.24) is 10.2 Å². The number of carbonyl (C=O) groups excluding carboxylic acids is 3. The molecule has 0 aliphatic rings. The first-order valence-corrected chi connectivity index (χ1v) is 9.36. The highest BCUT2D eigenvalue weighted by molar-refractivity contribution is 5.92. The minimum atomic E-state index is -0.628. The molecular weight excluding hydrogens is 372 g/mol. The van der Waals surface area contributed by atoms with Crippen molar-refractivity contribution in [1.29, 1.82) is 0 Å². The summed E-state index contributed by atoms with van der Waals surface area (Å²) in [6.45, 7) is 2.01. The van der Waals surface area contributed by atoms with E-state index in [4.69, 9.17) is 9.47 Å². The van der Waals surface area contributed by atoms with Gasteiger partial charge in [0.25, 0.3) is 5.91 Å². The highest BCUT2D eigenvalue weighted by Gasteiger charge is 2.14. The summed E-state index contributed by atoms with van der Waals surface area (Å²) < 4.78 is 10.2. The number of ether oxygens (including phenoxy) is 2. The minimum Gasteiger partial charge on any atom is -0.497 e. The summed E-state index contributed by atoms with van der Waals surface area (Å²) in [4.78, 5) is 36.7. The summed E-state index contributed by atoms with van der Waals surface area (Å²) >= 11 is 0. The Kier molecular flexibility index (Phi) is 8.21. The van der Waals surface area contributed by atoms with Crippen LogP contribution in [0.15, 0.2) is 42.5 Å². The van der Waals surface area contributed by atoms with Gasteiger partial charge in [-0.3, -0.25) is 9.59 Å². The van der Waals surface area contributed by atoms with E-state index in [9.17, 15) is 14.4 Å². The van der Waals surface area contributed by atoms with E-state index >= 15 is 0 Å². The molecule has 0 aromatic heterocycles. The van der Waals surface area contributed by atoms with Gasteiger partial charge in [0.1, 0.15) is 5.75 Å². The molecule has 7 nitrogen and oxygen atoms in total. The first-order chi connectivity index (χ1) is 13.9. The molecule has 2 amide bonds. The molecule has 0 atom stereocenters. The smallest absolute Gasteiger partial charge is 0.331 e. The maximum absolute atomic E-state index is 12.0. The van der Waals surface area contributed by atoms with E-state index in [0.717, 1.165) is 28.5 Å². The van der Waals surface area contributed by atoms with Gasteiger partial charge in [-0.2, -0.15) is 0 Å². The van der Waals surface area contributed by atoms with Crippen LogP contribution in [-0.2, 0) is 19.1 Å². The van der Waals surface area contributed by atoms with E-state index in [1.807, 2.05) is 43.3 Å². The van der Waals surface area contributed by atoms with Crippen LogP contribution in [0, 0.1) is 0 Å². The van der Waals surface area contributed by atoms with Crippen LogP contribution in [0.2, 0.25) is 0 Å². The maximum Gasteiger partial charge on any atom is 0.331 e. The number of hydrogen-bond acceptors (Lipinski definition) is 5. The fourth-order valence-electron chi connectivity index (χ4n) is 2.55. The van der Waals surface area contributed by atoms with E-state index in [0.29, 0.717) is 6.54 Å². The molecule has 2 aromatic carbocycles. The fourth-order valence-corrected chi connectivity index (χ4v) is 2.55. The number of rotatable bonds is 9. The molecule has 0 unspecified atom stereocenters. The lowest BCUT2D eigenvalue weighted by atomic mass is 10.1. The van der Waals surface area contributed by atoms with Crippen molar-refractivity contribution in [2.24, 2.45) is 0 Å². The average molecular weight is 398 g/mol. The molecule has 29 heavy (non-hydrogen) atoms. The maximum atomic E-state index is 12.0. The molecule has 1 N–H and O–H groups in total. The number of hydrogen-bond donors (Lipinski definition) is 1. The van der Waals surface area contributed by atoms with Crippen LogP contribution in [-0.4, -0.2) is 56.5 Å². The first kappa shape index (κ1) is 21.9. The van der Waals surface area contributed by atoms with Gasteiger partial charge in [0.05, 0.1) is 13.7 Å². The van der Waals surface area contributed by atoms with Crippen molar-refractivity contribution in [2.45, 2.75) is 13.3 Å². The first-order valence-electron chi connectivity index (χ1n) is 9.36. The summed E-state index contributed by atoms with van der Waals surface area (Å²) in [7, 11) is 3.11. The summed E-state index contributed by atoms with van der Waals surface area (Å²) in [6.07, 6.45) is 3.71. The van der Waals surface area contributed by atoms with E-state index in [-0.39, 0.29) is 12.5 Å². The second kappa shape index (κ2) is 10.8. The van der Waals surface area contributed by atoms with E-state index in [1.54, 1.807) is 13.2 Å². The van der Waals surface area contributed by atoms with Gasteiger partial charge >= 0.3 is 5.97 Å².